The number of hydrogen-bond acceptors (Lipinski definition) is 4. The van der Waals surface area contributed by atoms with Crippen LogP contribution in [0.1, 0.15) is 18.4 Å². The number of phenolic OH excluding ortho intramolecular Hbond substituents is 1. The fourth-order valence-corrected chi connectivity index (χ4v) is 2.69. The lowest BCUT2D eigenvalue weighted by atomic mass is 10.1. The number of nitrogens with one attached hydrogen (secondary N) is 2. The lowest BCUT2D eigenvalue weighted by Gasteiger charge is -2.32. The van der Waals surface area contributed by atoms with Gasteiger partial charge in [0, 0.05) is 32.7 Å². The van der Waals surface area contributed by atoms with Crippen molar-refractivity contribution in [3.8, 4) is 5.75 Å². The molecule has 0 atom stereocenters. The second-order valence-electron chi connectivity index (χ2n) is 5.87. The van der Waals surface area contributed by atoms with E-state index in [-0.39, 0.29) is 41.7 Å². The first-order chi connectivity index (χ1) is 11.5. The number of nitrogens with two attached hydrogens (primary N) is 1. The number of aromatic hydroxyl groups is 1. The van der Waals surface area contributed by atoms with Gasteiger partial charge in [0.1, 0.15) is 0 Å². The van der Waals surface area contributed by atoms with Gasteiger partial charge in [0.25, 0.3) is 0 Å². The zero-order chi connectivity index (χ0) is 17.5. The van der Waals surface area contributed by atoms with E-state index in [0.29, 0.717) is 24.6 Å². The average Bonchev–Trinajstić information content (AvgIpc) is 2.55. The molecule has 0 aliphatic carbocycles. The van der Waals surface area contributed by atoms with Crippen LogP contribution in [-0.4, -0.2) is 54.6 Å². The van der Waals surface area contributed by atoms with Crippen molar-refractivity contribution in [3.05, 3.63) is 29.6 Å². The first-order valence-corrected chi connectivity index (χ1v) is 7.93. The van der Waals surface area contributed by atoms with Crippen molar-refractivity contribution in [2.45, 2.75) is 25.4 Å². The van der Waals surface area contributed by atoms with Gasteiger partial charge in [0.2, 0.25) is 5.91 Å². The number of benzene rings is 1. The van der Waals surface area contributed by atoms with Gasteiger partial charge in [-0.1, -0.05) is 6.07 Å². The third-order valence-electron chi connectivity index (χ3n) is 4.00. The number of piperidine rings is 1. The quantitative estimate of drug-likeness (QED) is 0.292. The van der Waals surface area contributed by atoms with E-state index in [4.69, 9.17) is 5.73 Å². The molecule has 1 aromatic rings. The standard InChI is InChI=1S/C16H24FN5O2.HI/c1-19-16(20-9-11-2-3-14(23)13(17)8-11)21-12-4-6-22(7-5-12)10-15(18)24;/h2-3,8,12,23H,4-7,9-10H2,1H3,(H2,18,24)(H2,19,20,21);1H. The summed E-state index contributed by atoms with van der Waals surface area (Å²) in [5.74, 6) is -0.667. The maximum Gasteiger partial charge on any atom is 0.231 e. The molecule has 25 heavy (non-hydrogen) atoms. The summed E-state index contributed by atoms with van der Waals surface area (Å²) in [6, 6.07) is 4.53. The number of primary amides is 1. The van der Waals surface area contributed by atoms with E-state index in [1.54, 1.807) is 13.1 Å². The summed E-state index contributed by atoms with van der Waals surface area (Å²) in [4.78, 5) is 17.1. The van der Waals surface area contributed by atoms with Gasteiger partial charge in [-0.3, -0.25) is 14.7 Å². The molecule has 1 aliphatic rings. The summed E-state index contributed by atoms with van der Waals surface area (Å²) < 4.78 is 13.3. The number of hydrogen-bond donors (Lipinski definition) is 4. The van der Waals surface area contributed by atoms with Crippen molar-refractivity contribution in [1.29, 1.82) is 0 Å². The number of guanidine groups is 1. The van der Waals surface area contributed by atoms with Gasteiger partial charge in [-0.15, -0.1) is 24.0 Å². The molecule has 0 radical (unpaired) electrons. The Bertz CT molecular complexity index is 606. The van der Waals surface area contributed by atoms with Crippen molar-refractivity contribution in [3.63, 3.8) is 0 Å². The molecule has 0 bridgehead atoms. The Labute approximate surface area is 163 Å². The van der Waals surface area contributed by atoms with Crippen LogP contribution in [0.2, 0.25) is 0 Å². The minimum Gasteiger partial charge on any atom is -0.505 e. The van der Waals surface area contributed by atoms with Gasteiger partial charge in [0.05, 0.1) is 6.54 Å². The molecule has 1 aliphatic heterocycles. The summed E-state index contributed by atoms with van der Waals surface area (Å²) in [5.41, 5.74) is 5.92. The van der Waals surface area contributed by atoms with Gasteiger partial charge >= 0.3 is 0 Å². The predicted octanol–water partition coefficient (Wildman–Crippen LogP) is 0.764. The molecule has 1 heterocycles. The van der Waals surface area contributed by atoms with E-state index < -0.39 is 5.82 Å². The fraction of sp³-hybridized carbons (Fsp3) is 0.500. The van der Waals surface area contributed by atoms with E-state index in [0.717, 1.165) is 25.9 Å². The van der Waals surface area contributed by atoms with Crippen LogP contribution in [0.3, 0.4) is 0 Å². The number of nitrogens with zero attached hydrogens (tertiary/aromatic N) is 2. The zero-order valence-corrected chi connectivity index (χ0v) is 16.5. The molecule has 0 aromatic heterocycles. The van der Waals surface area contributed by atoms with Crippen LogP contribution >= 0.6 is 24.0 Å². The lowest BCUT2D eigenvalue weighted by molar-refractivity contribution is -0.119. The molecule has 5 N–H and O–H groups in total. The highest BCUT2D eigenvalue weighted by atomic mass is 127. The SMILES string of the molecule is CN=C(NCc1ccc(O)c(F)c1)NC1CCN(CC(N)=O)CC1.I. The Morgan fingerprint density at radius 2 is 2.12 bits per heavy atom. The van der Waals surface area contributed by atoms with Crippen LogP contribution in [0.5, 0.6) is 5.75 Å². The monoisotopic (exact) mass is 465 g/mol. The molecule has 140 valence electrons. The highest BCUT2D eigenvalue weighted by molar-refractivity contribution is 14.0. The Kier molecular flexibility index (Phi) is 8.90. The maximum absolute atomic E-state index is 13.3. The number of likely N-dealkylation sites (tertiary alicyclic amines) is 1. The van der Waals surface area contributed by atoms with Crippen LogP contribution in [-0.2, 0) is 11.3 Å². The Morgan fingerprint density at radius 1 is 1.44 bits per heavy atom. The molecule has 1 fully saturated rings. The first kappa shape index (κ1) is 21.4. The second kappa shape index (κ2) is 10.4. The maximum atomic E-state index is 13.3. The molecule has 7 nitrogen and oxygen atoms in total. The van der Waals surface area contributed by atoms with Crippen molar-refractivity contribution in [2.75, 3.05) is 26.7 Å². The molecule has 9 heteroatoms. The third-order valence-corrected chi connectivity index (χ3v) is 4.00. The number of phenols is 1. The van der Waals surface area contributed by atoms with Crippen LogP contribution in [0.15, 0.2) is 23.2 Å². The molecule has 1 amide bonds. The Balaban J connectivity index is 0.00000312. The van der Waals surface area contributed by atoms with Crippen LogP contribution in [0, 0.1) is 5.82 Å². The van der Waals surface area contributed by atoms with Crippen LogP contribution in [0.4, 0.5) is 4.39 Å². The normalized spacial score (nSPS) is 16.2. The predicted molar refractivity (Wildman–Crippen MR) is 105 cm³/mol. The number of aliphatic imine (C=N–C) groups is 1. The van der Waals surface area contributed by atoms with Gasteiger partial charge in [0.15, 0.2) is 17.5 Å². The van der Waals surface area contributed by atoms with Crippen molar-refractivity contribution in [2.24, 2.45) is 10.7 Å². The van der Waals surface area contributed by atoms with Gasteiger partial charge in [-0.05, 0) is 30.5 Å². The number of amides is 1. The second-order valence-corrected chi connectivity index (χ2v) is 5.87. The van der Waals surface area contributed by atoms with Gasteiger partial charge in [-0.2, -0.15) is 0 Å². The molecule has 0 saturated carbocycles. The largest absolute Gasteiger partial charge is 0.505 e. The topological polar surface area (TPSA) is 103 Å². The highest BCUT2D eigenvalue weighted by Gasteiger charge is 2.20. The highest BCUT2D eigenvalue weighted by Crippen LogP contribution is 2.16. The summed E-state index contributed by atoms with van der Waals surface area (Å²) in [6.45, 7) is 2.31. The molecular weight excluding hydrogens is 440 g/mol. The molecule has 0 spiro atoms. The van der Waals surface area contributed by atoms with Crippen LogP contribution < -0.4 is 16.4 Å². The van der Waals surface area contributed by atoms with E-state index in [9.17, 15) is 14.3 Å². The lowest BCUT2D eigenvalue weighted by Crippen LogP contribution is -2.49. The van der Waals surface area contributed by atoms with Crippen molar-refractivity contribution >= 4 is 35.8 Å². The number of carbonyl (C=O) groups is 1. The molecule has 0 unspecified atom stereocenters. The third kappa shape index (κ3) is 7.02. The summed E-state index contributed by atoms with van der Waals surface area (Å²) in [7, 11) is 1.68. The molecule has 2 rings (SSSR count). The van der Waals surface area contributed by atoms with E-state index >= 15 is 0 Å². The zero-order valence-electron chi connectivity index (χ0n) is 14.2. The van der Waals surface area contributed by atoms with Crippen molar-refractivity contribution < 1.29 is 14.3 Å². The molecule has 1 saturated heterocycles. The summed E-state index contributed by atoms with van der Waals surface area (Å²) >= 11 is 0. The number of rotatable bonds is 5. The van der Waals surface area contributed by atoms with E-state index in [1.807, 2.05) is 4.90 Å². The minimum atomic E-state index is -0.640. The van der Waals surface area contributed by atoms with Crippen LogP contribution in [0.25, 0.3) is 0 Å². The number of halogens is 2. The fourth-order valence-electron chi connectivity index (χ4n) is 2.69. The smallest absolute Gasteiger partial charge is 0.231 e. The first-order valence-electron chi connectivity index (χ1n) is 7.93. The van der Waals surface area contributed by atoms with Gasteiger partial charge < -0.3 is 21.5 Å². The Hall–Kier alpha value is -1.62. The van der Waals surface area contributed by atoms with Gasteiger partial charge in [-0.25, -0.2) is 4.39 Å². The van der Waals surface area contributed by atoms with E-state index in [2.05, 4.69) is 15.6 Å². The minimum absolute atomic E-state index is 0. The molecular formula is C16H25FIN5O2. The Morgan fingerprint density at radius 3 is 2.68 bits per heavy atom. The summed E-state index contributed by atoms with van der Waals surface area (Å²) in [5, 5.41) is 15.6. The van der Waals surface area contributed by atoms with E-state index in [1.165, 1.54) is 12.1 Å². The average molecular weight is 465 g/mol. The van der Waals surface area contributed by atoms with Crippen molar-refractivity contribution in [1.82, 2.24) is 15.5 Å². The summed E-state index contributed by atoms with van der Waals surface area (Å²) in [6.07, 6.45) is 1.78. The molecule has 1 aromatic carbocycles. The number of carbonyl (C=O) groups excluding carboxylic acids is 1.